The minimum Gasteiger partial charge on any atom is -0.411 e. The van der Waals surface area contributed by atoms with Gasteiger partial charge in [-0.1, -0.05) is 109 Å². The largest absolute Gasteiger partial charge is 6.00 e. The van der Waals surface area contributed by atoms with Crippen LogP contribution in [-0.2, 0) is 172 Å². The second-order valence-corrected chi connectivity index (χ2v) is 19.7. The Balaban J connectivity index is -0.0000000514. The molecule has 0 saturated carbocycles. The Bertz CT molecular complexity index is 916. The molecule has 0 saturated heterocycles. The van der Waals surface area contributed by atoms with Crippen LogP contribution in [0.5, 0.6) is 0 Å². The monoisotopic (exact) mass is 1440 g/mol. The van der Waals surface area contributed by atoms with Crippen LogP contribution in [0, 0.1) is 0 Å². The van der Waals surface area contributed by atoms with Crippen molar-refractivity contribution in [2.75, 3.05) is 78.5 Å². The minimum absolute atomic E-state index is 0. The van der Waals surface area contributed by atoms with Crippen LogP contribution in [-0.4, -0.2) is 159 Å². The van der Waals surface area contributed by atoms with E-state index in [2.05, 4.69) is 188 Å². The minimum atomic E-state index is 0. The van der Waals surface area contributed by atoms with E-state index in [1.165, 1.54) is 0 Å². The summed E-state index contributed by atoms with van der Waals surface area (Å²) in [5.74, 6) is 0. The van der Waals surface area contributed by atoms with E-state index in [9.17, 15) is 0 Å². The quantitative estimate of drug-likeness (QED) is 0.0518. The van der Waals surface area contributed by atoms with Crippen LogP contribution in [0.3, 0.4) is 0 Å². The molecule has 0 spiro atoms. The summed E-state index contributed by atoms with van der Waals surface area (Å²) in [6, 6.07) is 0. The molecule has 0 heterocycles. The molecule has 0 aliphatic carbocycles. The molecule has 0 aromatic rings. The van der Waals surface area contributed by atoms with Crippen molar-refractivity contribution in [2.24, 2.45) is 0 Å². The zero-order valence-electron chi connectivity index (χ0n) is 44.9. The maximum Gasteiger partial charge on any atom is 6.00 e. The van der Waals surface area contributed by atoms with Gasteiger partial charge in [0.25, 0.3) is 0 Å². The van der Waals surface area contributed by atoms with Crippen molar-refractivity contribution in [2.45, 2.75) is 160 Å². The fourth-order valence-electron chi connectivity index (χ4n) is 5.01. The van der Waals surface area contributed by atoms with Gasteiger partial charge in [-0.25, -0.2) is 0 Å². The van der Waals surface area contributed by atoms with Crippen molar-refractivity contribution in [1.82, 2.24) is 29.4 Å². The normalized spacial score (nSPS) is 8.05. The van der Waals surface area contributed by atoms with E-state index in [4.69, 9.17) is 174 Å². The molecule has 0 radical (unpaired) electrons. The summed E-state index contributed by atoms with van der Waals surface area (Å²) in [5, 5.41) is 0. The number of hydrogen-bond acceptors (Lipinski definition) is 24. The second kappa shape index (κ2) is 102. The molecule has 12 nitrogen and oxygen atoms in total. The fraction of sp³-hybridized carbons (Fsp3) is 0.857. The average molecular weight is 1440 g/mol. The molecule has 0 aliphatic rings. The first kappa shape index (κ1) is 106. The van der Waals surface area contributed by atoms with Gasteiger partial charge in [-0.2, -0.15) is 25.3 Å². The third-order valence-electron chi connectivity index (χ3n) is 7.47. The van der Waals surface area contributed by atoms with Crippen molar-refractivity contribution in [3.05, 3.63) is 0 Å². The molecular formula is C42H84MoN6O6S18. The molecule has 0 fully saturated rings. The van der Waals surface area contributed by atoms with Crippen LogP contribution in [0.2, 0.25) is 0 Å². The van der Waals surface area contributed by atoms with E-state index in [-0.39, 0.29) is 21.1 Å². The SMILES string of the molecule is CCCN(CCC)C(=S)[S-].CCCN(CCC)C(=S)[S-].CCCN(CCC)C(=S)[S-].CCCN(CCC)C(=S)[S-].CCCN(CCC)C(=S)[S-].CCCN(CCC)C(=S)[S-].O=S.O=S.O=S.O=S.O=S.O=S.[Mo+6]. The first-order chi connectivity index (χ1) is 34.3. The molecule has 0 aliphatic heterocycles. The van der Waals surface area contributed by atoms with Crippen LogP contribution >= 0.6 is 73.3 Å². The Kier molecular flexibility index (Phi) is 149. The smallest absolute Gasteiger partial charge is 0.411 e. The van der Waals surface area contributed by atoms with Gasteiger partial charge in [0.15, 0.2) is 75.2 Å². The van der Waals surface area contributed by atoms with E-state index in [0.29, 0.717) is 25.9 Å². The van der Waals surface area contributed by atoms with Gasteiger partial charge in [0.2, 0.25) is 0 Å². The topological polar surface area (TPSA) is 122 Å². The standard InChI is InChI=1S/6C7H15NS2.Mo.6OS/c6*1-3-5-8(6-4-2)7(9)10;;6*1-2/h6*3-6H2,1-2H3,(H,9,10);;;;;;;/q;;;;;;+6;;;;;;/p-6. The molecule has 73 heavy (non-hydrogen) atoms. The zero-order chi connectivity index (χ0) is 59.9. The van der Waals surface area contributed by atoms with E-state index < -0.39 is 0 Å². The van der Waals surface area contributed by atoms with Crippen molar-refractivity contribution < 1.29 is 46.3 Å². The summed E-state index contributed by atoms with van der Waals surface area (Å²) in [7, 11) is 0. The molecule has 0 aromatic heterocycles. The van der Waals surface area contributed by atoms with Crippen LogP contribution in [0.1, 0.15) is 160 Å². The predicted molar refractivity (Wildman–Crippen MR) is 362 cm³/mol. The van der Waals surface area contributed by atoms with Crippen molar-refractivity contribution in [3.8, 4) is 0 Å². The summed E-state index contributed by atoms with van der Waals surface area (Å²) < 4.78 is 50.7. The molecule has 0 unspecified atom stereocenters. The molecule has 0 aromatic carbocycles. The molecule has 0 N–H and O–H groups in total. The van der Waals surface area contributed by atoms with Gasteiger partial charge >= 0.3 is 21.1 Å². The molecule has 31 heteroatoms. The van der Waals surface area contributed by atoms with Gasteiger partial charge in [-0.15, -0.1) is 0 Å². The van der Waals surface area contributed by atoms with E-state index in [1.807, 2.05) is 0 Å². The average Bonchev–Trinajstić information content (AvgIpc) is 3.38. The summed E-state index contributed by atoms with van der Waals surface area (Å²) in [6.07, 6.45) is 13.5. The van der Waals surface area contributed by atoms with E-state index in [0.717, 1.165) is 156 Å². The van der Waals surface area contributed by atoms with Gasteiger partial charge in [-0.05, 0) is 77.0 Å². The Labute approximate surface area is 557 Å². The third kappa shape index (κ3) is 99.3. The number of nitrogens with zero attached hydrogens (tertiary/aromatic N) is 6. The first-order valence-electron chi connectivity index (χ1n) is 23.1. The van der Waals surface area contributed by atoms with Crippen molar-refractivity contribution in [3.63, 3.8) is 0 Å². The predicted octanol–water partition coefficient (Wildman–Crippen LogP) is 9.62. The first-order valence-corrected chi connectivity index (χ1v) is 30.0. The van der Waals surface area contributed by atoms with Crippen LogP contribution in [0.15, 0.2) is 0 Å². The Morgan fingerprint density at radius 2 is 0.274 bits per heavy atom. The number of rotatable bonds is 24. The maximum atomic E-state index is 7.83. The van der Waals surface area contributed by atoms with E-state index >= 15 is 0 Å². The number of thiocarbonyl (C=S) groups is 6. The second-order valence-electron chi connectivity index (χ2n) is 13.5. The van der Waals surface area contributed by atoms with Crippen LogP contribution in [0.25, 0.3) is 0 Å². The van der Waals surface area contributed by atoms with Crippen LogP contribution < -0.4 is 0 Å². The molecule has 0 atom stereocenters. The Hall–Kier alpha value is 1.47. The van der Waals surface area contributed by atoms with Gasteiger partial charge < -0.3 is 178 Å². The molecular weight excluding hydrogens is 1360 g/mol. The summed E-state index contributed by atoms with van der Waals surface area (Å²) in [6.45, 7) is 37.7. The van der Waals surface area contributed by atoms with Crippen LogP contribution in [0.4, 0.5) is 0 Å². The fourth-order valence-corrected chi connectivity index (χ4v) is 7.20. The van der Waals surface area contributed by atoms with Gasteiger partial charge in [0.1, 0.15) is 0 Å². The van der Waals surface area contributed by atoms with Gasteiger partial charge in [0.05, 0.1) is 0 Å². The molecule has 0 rings (SSSR count). The molecule has 432 valence electrons. The summed E-state index contributed by atoms with van der Waals surface area (Å²) >= 11 is 75.7. The van der Waals surface area contributed by atoms with E-state index in [1.54, 1.807) is 0 Å². The summed E-state index contributed by atoms with van der Waals surface area (Å²) in [4.78, 5) is 12.4. The molecule has 0 bridgehead atoms. The summed E-state index contributed by atoms with van der Waals surface area (Å²) in [5.41, 5.74) is 0. The van der Waals surface area contributed by atoms with Gasteiger partial charge in [-0.3, -0.25) is 0 Å². The van der Waals surface area contributed by atoms with Crippen molar-refractivity contribution >= 4 is 250 Å². The maximum absolute atomic E-state index is 7.83. The third-order valence-corrected chi connectivity index (χ3v) is 10.6. The number of hydrogen-bond donors (Lipinski definition) is 0. The zero-order valence-corrected chi connectivity index (χ0v) is 61.6. The Morgan fingerprint density at radius 3 is 0.301 bits per heavy atom. The van der Waals surface area contributed by atoms with Gasteiger partial charge in [0, 0.05) is 78.5 Å². The Morgan fingerprint density at radius 1 is 0.219 bits per heavy atom. The van der Waals surface area contributed by atoms with Crippen molar-refractivity contribution in [1.29, 1.82) is 0 Å². The molecule has 0 amide bonds.